The summed E-state index contributed by atoms with van der Waals surface area (Å²) in [5.41, 5.74) is 1.29. The highest BCUT2D eigenvalue weighted by Crippen LogP contribution is 2.26. The van der Waals surface area contributed by atoms with Gasteiger partial charge in [-0.05, 0) is 23.1 Å². The van der Waals surface area contributed by atoms with Gasteiger partial charge in [0.2, 0.25) is 5.24 Å². The lowest BCUT2D eigenvalue weighted by Gasteiger charge is -2.14. The van der Waals surface area contributed by atoms with Crippen molar-refractivity contribution < 1.29 is 4.79 Å². The summed E-state index contributed by atoms with van der Waals surface area (Å²) in [5.74, 6) is 0.374. The lowest BCUT2D eigenvalue weighted by Crippen LogP contribution is -2.21. The predicted octanol–water partition coefficient (Wildman–Crippen LogP) is 2.52. The first-order valence-corrected chi connectivity index (χ1v) is 6.00. The van der Waals surface area contributed by atoms with Crippen molar-refractivity contribution in [1.29, 1.82) is 0 Å². The Hall–Kier alpha value is -0.860. The predicted molar refractivity (Wildman–Crippen MR) is 65.2 cm³/mol. The van der Waals surface area contributed by atoms with Crippen LogP contribution in [0.3, 0.4) is 0 Å². The Kier molecular flexibility index (Phi) is 3.62. The molecule has 3 heteroatoms. The maximum absolute atomic E-state index is 11.2. The summed E-state index contributed by atoms with van der Waals surface area (Å²) >= 11 is 5.58. The molecule has 2 rings (SSSR count). The van der Waals surface area contributed by atoms with Crippen molar-refractivity contribution in [2.24, 2.45) is 11.8 Å². The number of carbonyl (C=O) groups is 1. The molecule has 16 heavy (non-hydrogen) atoms. The van der Waals surface area contributed by atoms with Gasteiger partial charge in [0.15, 0.2) is 0 Å². The van der Waals surface area contributed by atoms with Gasteiger partial charge in [-0.1, -0.05) is 37.3 Å². The third-order valence-electron chi connectivity index (χ3n) is 3.23. The molecule has 1 heterocycles. The Morgan fingerprint density at radius 3 is 2.62 bits per heavy atom. The Morgan fingerprint density at radius 2 is 2.06 bits per heavy atom. The second-order valence-electron chi connectivity index (χ2n) is 4.57. The van der Waals surface area contributed by atoms with Crippen molar-refractivity contribution >= 4 is 16.8 Å². The summed E-state index contributed by atoms with van der Waals surface area (Å²) in [7, 11) is 0. The van der Waals surface area contributed by atoms with E-state index in [1.807, 2.05) is 18.2 Å². The average Bonchev–Trinajstić information content (AvgIpc) is 2.61. The SMILES string of the molecule is C[C@H]1CN(Cc2ccccc2)C[C@@H]1C(=O)Cl. The molecule has 1 aliphatic heterocycles. The first-order chi connectivity index (χ1) is 7.66. The van der Waals surface area contributed by atoms with Crippen molar-refractivity contribution in [1.82, 2.24) is 4.90 Å². The summed E-state index contributed by atoms with van der Waals surface area (Å²) in [5, 5.41) is -0.192. The van der Waals surface area contributed by atoms with E-state index >= 15 is 0 Å². The van der Waals surface area contributed by atoms with E-state index in [1.165, 1.54) is 5.56 Å². The van der Waals surface area contributed by atoms with E-state index in [0.29, 0.717) is 5.92 Å². The van der Waals surface area contributed by atoms with Gasteiger partial charge in [0.1, 0.15) is 0 Å². The number of hydrogen-bond acceptors (Lipinski definition) is 2. The van der Waals surface area contributed by atoms with Crippen molar-refractivity contribution in [2.45, 2.75) is 13.5 Å². The highest BCUT2D eigenvalue weighted by molar-refractivity contribution is 6.64. The first-order valence-electron chi connectivity index (χ1n) is 5.62. The largest absolute Gasteiger partial charge is 0.298 e. The van der Waals surface area contributed by atoms with E-state index in [2.05, 4.69) is 24.0 Å². The molecule has 1 aromatic rings. The van der Waals surface area contributed by atoms with Gasteiger partial charge in [-0.25, -0.2) is 0 Å². The number of nitrogens with zero attached hydrogens (tertiary/aromatic N) is 1. The van der Waals surface area contributed by atoms with E-state index < -0.39 is 0 Å². The lowest BCUT2D eigenvalue weighted by molar-refractivity contribution is -0.115. The van der Waals surface area contributed by atoms with E-state index in [4.69, 9.17) is 11.6 Å². The Bertz CT molecular complexity index is 365. The fourth-order valence-electron chi connectivity index (χ4n) is 2.33. The zero-order valence-corrected chi connectivity index (χ0v) is 10.2. The molecule has 0 radical (unpaired) electrons. The molecule has 86 valence electrons. The van der Waals surface area contributed by atoms with Crippen LogP contribution in [0.2, 0.25) is 0 Å². The van der Waals surface area contributed by atoms with Crippen LogP contribution in [-0.2, 0) is 11.3 Å². The third kappa shape index (κ3) is 2.63. The van der Waals surface area contributed by atoms with E-state index in [0.717, 1.165) is 19.6 Å². The fraction of sp³-hybridized carbons (Fsp3) is 0.462. The molecule has 0 unspecified atom stereocenters. The van der Waals surface area contributed by atoms with Gasteiger partial charge >= 0.3 is 0 Å². The molecule has 1 saturated heterocycles. The first kappa shape index (κ1) is 11.6. The van der Waals surface area contributed by atoms with Gasteiger partial charge in [0, 0.05) is 25.6 Å². The molecule has 1 aromatic carbocycles. The Balaban J connectivity index is 1.96. The van der Waals surface area contributed by atoms with E-state index in [9.17, 15) is 4.79 Å². The molecular weight excluding hydrogens is 222 g/mol. The summed E-state index contributed by atoms with van der Waals surface area (Å²) in [6.45, 7) is 4.75. The number of likely N-dealkylation sites (tertiary alicyclic amines) is 1. The lowest BCUT2D eigenvalue weighted by atomic mass is 10.0. The minimum Gasteiger partial charge on any atom is -0.298 e. The second kappa shape index (κ2) is 4.98. The minimum atomic E-state index is -0.192. The molecular formula is C13H16ClNO. The zero-order valence-electron chi connectivity index (χ0n) is 9.40. The van der Waals surface area contributed by atoms with Gasteiger partial charge in [-0.15, -0.1) is 0 Å². The van der Waals surface area contributed by atoms with Crippen LogP contribution in [0, 0.1) is 11.8 Å². The van der Waals surface area contributed by atoms with Crippen molar-refractivity contribution in [3.63, 3.8) is 0 Å². The number of hydrogen-bond donors (Lipinski definition) is 0. The van der Waals surface area contributed by atoms with Gasteiger partial charge < -0.3 is 0 Å². The third-order valence-corrected chi connectivity index (χ3v) is 3.51. The Labute approximate surface area is 101 Å². The van der Waals surface area contributed by atoms with Crippen molar-refractivity contribution in [2.75, 3.05) is 13.1 Å². The molecule has 0 amide bonds. The van der Waals surface area contributed by atoms with Gasteiger partial charge in [0.05, 0.1) is 0 Å². The van der Waals surface area contributed by atoms with Crippen LogP contribution in [0.5, 0.6) is 0 Å². The van der Waals surface area contributed by atoms with Gasteiger partial charge in [-0.2, -0.15) is 0 Å². The molecule has 1 fully saturated rings. The highest BCUT2D eigenvalue weighted by atomic mass is 35.5. The maximum atomic E-state index is 11.2. The molecule has 0 aliphatic carbocycles. The van der Waals surface area contributed by atoms with E-state index in [-0.39, 0.29) is 11.2 Å². The number of carbonyl (C=O) groups excluding carboxylic acids is 1. The molecule has 1 aliphatic rings. The van der Waals surface area contributed by atoms with Crippen LogP contribution in [0.15, 0.2) is 30.3 Å². The van der Waals surface area contributed by atoms with Crippen molar-refractivity contribution in [3.8, 4) is 0 Å². The van der Waals surface area contributed by atoms with Crippen LogP contribution < -0.4 is 0 Å². The van der Waals surface area contributed by atoms with Crippen LogP contribution in [0.1, 0.15) is 12.5 Å². The molecule has 0 N–H and O–H groups in total. The monoisotopic (exact) mass is 237 g/mol. The van der Waals surface area contributed by atoms with E-state index in [1.54, 1.807) is 0 Å². The summed E-state index contributed by atoms with van der Waals surface area (Å²) in [4.78, 5) is 13.5. The average molecular weight is 238 g/mol. The quantitative estimate of drug-likeness (QED) is 0.753. The second-order valence-corrected chi connectivity index (χ2v) is 4.94. The fourth-order valence-corrected chi connectivity index (χ4v) is 2.62. The minimum absolute atomic E-state index is 0.00498. The van der Waals surface area contributed by atoms with Gasteiger partial charge in [-0.3, -0.25) is 9.69 Å². The number of rotatable bonds is 3. The summed E-state index contributed by atoms with van der Waals surface area (Å²) in [6, 6.07) is 10.3. The number of halogens is 1. The summed E-state index contributed by atoms with van der Waals surface area (Å²) in [6.07, 6.45) is 0. The molecule has 2 nitrogen and oxygen atoms in total. The molecule has 0 bridgehead atoms. The standard InChI is InChI=1S/C13H16ClNO/c1-10-7-15(9-12(10)13(14)16)8-11-5-3-2-4-6-11/h2-6,10,12H,7-9H2,1H3/t10-,12-/m0/s1. The van der Waals surface area contributed by atoms with Crippen LogP contribution >= 0.6 is 11.6 Å². The Morgan fingerprint density at radius 1 is 1.38 bits per heavy atom. The van der Waals surface area contributed by atoms with Crippen LogP contribution in [0.25, 0.3) is 0 Å². The van der Waals surface area contributed by atoms with Gasteiger partial charge in [0.25, 0.3) is 0 Å². The zero-order chi connectivity index (χ0) is 11.5. The molecule has 0 spiro atoms. The topological polar surface area (TPSA) is 20.3 Å². The highest BCUT2D eigenvalue weighted by Gasteiger charge is 2.33. The maximum Gasteiger partial charge on any atom is 0.226 e. The smallest absolute Gasteiger partial charge is 0.226 e. The number of benzene rings is 1. The normalized spacial score (nSPS) is 25.9. The van der Waals surface area contributed by atoms with Crippen LogP contribution in [0.4, 0.5) is 0 Å². The van der Waals surface area contributed by atoms with Crippen molar-refractivity contribution in [3.05, 3.63) is 35.9 Å². The molecule has 2 atom stereocenters. The van der Waals surface area contributed by atoms with Crippen LogP contribution in [-0.4, -0.2) is 23.2 Å². The molecule has 0 saturated carbocycles. The molecule has 0 aromatic heterocycles. The summed E-state index contributed by atoms with van der Waals surface area (Å²) < 4.78 is 0.